The monoisotopic (exact) mass is 215 g/mol. The van der Waals surface area contributed by atoms with Gasteiger partial charge in [-0.25, -0.2) is 0 Å². The molecular weight excluding hydrogens is 206 g/mol. The second-order valence-electron chi connectivity index (χ2n) is 2.64. The third-order valence-corrected chi connectivity index (χ3v) is 5.08. The Morgan fingerprint density at radius 2 is 2.11 bits per heavy atom. The third kappa shape index (κ3) is 1.44. The van der Waals surface area contributed by atoms with Gasteiger partial charge in [0.1, 0.15) is 0 Å². The van der Waals surface area contributed by atoms with E-state index in [0.717, 1.165) is 0 Å². The summed E-state index contributed by atoms with van der Waals surface area (Å²) < 4.78 is 0.511. The topological polar surface area (TPSA) is 0 Å². The second-order valence-corrected chi connectivity index (χ2v) is 7.54. The van der Waals surface area contributed by atoms with E-state index in [-0.39, 0.29) is 0 Å². The maximum absolute atomic E-state index is 2.33. The van der Waals surface area contributed by atoms with E-state index in [9.17, 15) is 0 Å². The average Bonchev–Trinajstić information content (AvgIpc) is 1.97. The number of hydrogen-bond acceptors (Lipinski definition) is 0. The molecule has 0 nitrogen and oxygen atoms in total. The van der Waals surface area contributed by atoms with Crippen molar-refractivity contribution in [3.05, 3.63) is 11.1 Å². The van der Waals surface area contributed by atoms with Crippen LogP contribution in [-0.2, 0) is 24.7 Å². The van der Waals surface area contributed by atoms with Crippen LogP contribution in [0.4, 0.5) is 0 Å². The molecule has 0 aromatic heterocycles. The van der Waals surface area contributed by atoms with Crippen molar-refractivity contribution in [1.82, 2.24) is 0 Å². The van der Waals surface area contributed by atoms with E-state index < -0.39 is 0 Å². The first-order valence-electron chi connectivity index (χ1n) is 3.02. The minimum atomic E-state index is 0.511. The molecule has 1 aliphatic heterocycles. The van der Waals surface area contributed by atoms with Gasteiger partial charge in [-0.2, -0.15) is 0 Å². The van der Waals surface area contributed by atoms with Crippen molar-refractivity contribution in [3.63, 3.8) is 0 Å². The molecule has 0 spiro atoms. The Labute approximate surface area is 73.4 Å². The SMILES string of the molecule is CC1=C(C)[C](C)([Zr])P=C1. The van der Waals surface area contributed by atoms with E-state index in [1.807, 2.05) is 0 Å². The van der Waals surface area contributed by atoms with Crippen molar-refractivity contribution < 1.29 is 24.7 Å². The molecule has 0 N–H and O–H groups in total. The van der Waals surface area contributed by atoms with Crippen molar-refractivity contribution in [1.29, 1.82) is 0 Å². The van der Waals surface area contributed by atoms with Gasteiger partial charge in [0.15, 0.2) is 0 Å². The number of rotatable bonds is 0. The van der Waals surface area contributed by atoms with Crippen molar-refractivity contribution in [2.24, 2.45) is 0 Å². The van der Waals surface area contributed by atoms with Crippen LogP contribution in [0.1, 0.15) is 20.8 Å². The quantitative estimate of drug-likeness (QED) is 0.545. The van der Waals surface area contributed by atoms with Crippen molar-refractivity contribution in [2.75, 3.05) is 0 Å². The summed E-state index contributed by atoms with van der Waals surface area (Å²) in [5, 5.41) is 0. The first kappa shape index (κ1) is 7.90. The molecule has 1 aliphatic rings. The predicted octanol–water partition coefficient (Wildman–Crippen LogP) is 2.35. The Kier molecular flexibility index (Phi) is 2.14. The molecule has 0 fully saturated rings. The van der Waals surface area contributed by atoms with Gasteiger partial charge in [-0.3, -0.25) is 0 Å². The summed E-state index contributed by atoms with van der Waals surface area (Å²) in [6, 6.07) is 0. The molecule has 0 saturated heterocycles. The van der Waals surface area contributed by atoms with E-state index in [4.69, 9.17) is 0 Å². The molecule has 47 valence electrons. The van der Waals surface area contributed by atoms with Crippen LogP contribution in [0.3, 0.4) is 0 Å². The Morgan fingerprint density at radius 1 is 1.56 bits per heavy atom. The van der Waals surface area contributed by atoms with Crippen LogP contribution >= 0.6 is 8.20 Å². The molecular formula is C7H10PZr. The van der Waals surface area contributed by atoms with Gasteiger partial charge >= 0.3 is 73.5 Å². The molecule has 9 heavy (non-hydrogen) atoms. The van der Waals surface area contributed by atoms with Crippen LogP contribution in [0.2, 0.25) is 0 Å². The van der Waals surface area contributed by atoms with Crippen LogP contribution in [0.25, 0.3) is 0 Å². The summed E-state index contributed by atoms with van der Waals surface area (Å²) in [6.45, 7) is 6.79. The predicted molar refractivity (Wildman–Crippen MR) is 39.8 cm³/mol. The Balaban J connectivity index is 3.01. The van der Waals surface area contributed by atoms with Gasteiger partial charge in [-0.15, -0.1) is 0 Å². The fourth-order valence-electron chi connectivity index (χ4n) is 0.804. The van der Waals surface area contributed by atoms with E-state index >= 15 is 0 Å². The summed E-state index contributed by atoms with van der Waals surface area (Å²) >= 11 is 1.64. The minimum absolute atomic E-state index is 0.511. The first-order valence-corrected chi connectivity index (χ1v) is 5.21. The summed E-state index contributed by atoms with van der Waals surface area (Å²) in [4.78, 5) is 0. The molecule has 0 saturated carbocycles. The van der Waals surface area contributed by atoms with E-state index in [2.05, 4.69) is 26.6 Å². The van der Waals surface area contributed by atoms with Crippen LogP contribution in [0.5, 0.6) is 0 Å². The number of allylic oxidation sites excluding steroid dienone is 2. The molecule has 1 atom stereocenters. The van der Waals surface area contributed by atoms with E-state index in [1.54, 1.807) is 30.3 Å². The van der Waals surface area contributed by atoms with Crippen molar-refractivity contribution in [2.45, 2.75) is 23.6 Å². The van der Waals surface area contributed by atoms with Gasteiger partial charge in [0.25, 0.3) is 0 Å². The summed E-state index contributed by atoms with van der Waals surface area (Å²) in [5.74, 6) is 2.32. The van der Waals surface area contributed by atoms with Gasteiger partial charge in [0, 0.05) is 0 Å². The van der Waals surface area contributed by atoms with Crippen molar-refractivity contribution >= 4 is 14.0 Å². The number of hydrogen-bond donors (Lipinski definition) is 0. The van der Waals surface area contributed by atoms with Crippen LogP contribution in [0.15, 0.2) is 11.1 Å². The molecule has 1 heterocycles. The summed E-state index contributed by atoms with van der Waals surface area (Å²) in [7, 11) is 1.50. The Morgan fingerprint density at radius 3 is 2.22 bits per heavy atom. The molecule has 1 unspecified atom stereocenters. The molecule has 1 rings (SSSR count). The van der Waals surface area contributed by atoms with Crippen molar-refractivity contribution in [3.8, 4) is 0 Å². The van der Waals surface area contributed by atoms with Crippen LogP contribution in [0, 0.1) is 0 Å². The van der Waals surface area contributed by atoms with Gasteiger partial charge in [-0.05, 0) is 0 Å². The average molecular weight is 216 g/mol. The normalized spacial score (nSPS) is 35.8. The molecule has 0 aromatic carbocycles. The van der Waals surface area contributed by atoms with E-state index in [1.165, 1.54) is 13.8 Å². The standard InChI is InChI=1S/C7H10P.Zr/c1-5-4-8-7(3)6(5)2;/h4H,1-3H3;. The van der Waals surface area contributed by atoms with Gasteiger partial charge in [0.05, 0.1) is 0 Å². The Bertz CT molecular complexity index is 189. The zero-order valence-corrected chi connectivity index (χ0v) is 9.38. The zero-order chi connectivity index (χ0) is 7.07. The first-order chi connectivity index (χ1) is 4.04. The molecule has 2 heteroatoms. The zero-order valence-electron chi connectivity index (χ0n) is 6.02. The second kappa shape index (κ2) is 2.44. The fraction of sp³-hybridized carbons (Fsp3) is 0.571. The van der Waals surface area contributed by atoms with Gasteiger partial charge in [-0.1, -0.05) is 0 Å². The van der Waals surface area contributed by atoms with Gasteiger partial charge in [0.2, 0.25) is 0 Å². The molecule has 0 bridgehead atoms. The van der Waals surface area contributed by atoms with Crippen LogP contribution in [-0.4, -0.2) is 8.66 Å². The molecule has 0 aliphatic carbocycles. The molecule has 0 aromatic rings. The fourth-order valence-corrected chi connectivity index (χ4v) is 2.78. The van der Waals surface area contributed by atoms with Gasteiger partial charge < -0.3 is 0 Å². The van der Waals surface area contributed by atoms with Crippen LogP contribution < -0.4 is 0 Å². The molecule has 0 amide bonds. The summed E-state index contributed by atoms with van der Waals surface area (Å²) in [6.07, 6.45) is 0. The maximum atomic E-state index is 2.33. The Hall–Kier alpha value is 0.793. The van der Waals surface area contributed by atoms with E-state index in [0.29, 0.717) is 2.86 Å². The summed E-state index contributed by atoms with van der Waals surface area (Å²) in [5.41, 5.74) is 3.08. The molecule has 0 radical (unpaired) electrons. The third-order valence-electron chi connectivity index (χ3n) is 1.84.